The summed E-state index contributed by atoms with van der Waals surface area (Å²) in [5, 5.41) is 0.634. The number of hydrogen-bond donors (Lipinski definition) is 1. The van der Waals surface area contributed by atoms with E-state index in [0.717, 1.165) is 5.56 Å². The number of ether oxygens (including phenoxy) is 1. The average molecular weight is 226 g/mol. The van der Waals surface area contributed by atoms with Gasteiger partial charge in [0.15, 0.2) is 0 Å². The molecule has 0 heterocycles. The van der Waals surface area contributed by atoms with Gasteiger partial charge in [-0.1, -0.05) is 24.6 Å². The molecule has 0 radical (unpaired) electrons. The molecule has 1 fully saturated rings. The molecular formula is C12H16ClNO. The van der Waals surface area contributed by atoms with E-state index < -0.39 is 0 Å². The van der Waals surface area contributed by atoms with Crippen molar-refractivity contribution in [3.63, 3.8) is 0 Å². The van der Waals surface area contributed by atoms with E-state index in [-0.39, 0.29) is 11.5 Å². The van der Waals surface area contributed by atoms with Crippen LogP contribution in [0.4, 0.5) is 0 Å². The van der Waals surface area contributed by atoms with Gasteiger partial charge in [-0.15, -0.1) is 0 Å². The summed E-state index contributed by atoms with van der Waals surface area (Å²) in [5.74, 6) is 0.703. The summed E-state index contributed by atoms with van der Waals surface area (Å²) < 4.78 is 5.18. The van der Waals surface area contributed by atoms with Crippen LogP contribution in [0, 0.1) is 5.41 Å². The molecule has 2 N–H and O–H groups in total. The summed E-state index contributed by atoms with van der Waals surface area (Å²) in [6.45, 7) is 2.22. The van der Waals surface area contributed by atoms with Crippen LogP contribution in [0.2, 0.25) is 5.02 Å². The molecule has 0 amide bonds. The maximum absolute atomic E-state index is 6.21. The van der Waals surface area contributed by atoms with Crippen molar-refractivity contribution in [2.45, 2.75) is 25.8 Å². The number of benzene rings is 1. The van der Waals surface area contributed by atoms with Crippen LogP contribution in [0.15, 0.2) is 18.2 Å². The molecule has 0 aromatic heterocycles. The average Bonchev–Trinajstić information content (AvgIpc) is 2.97. The van der Waals surface area contributed by atoms with Crippen molar-refractivity contribution in [2.24, 2.45) is 11.1 Å². The third kappa shape index (κ3) is 1.97. The van der Waals surface area contributed by atoms with Gasteiger partial charge in [-0.3, -0.25) is 0 Å². The standard InChI is InChI=1S/C12H16ClNO/c1-12(5-6-12)11(14)8-3-4-9(13)10(7-8)15-2/h3-4,7,11H,5-6,14H2,1-2H3. The maximum Gasteiger partial charge on any atom is 0.137 e. The minimum atomic E-state index is 0.0867. The fraction of sp³-hybridized carbons (Fsp3) is 0.500. The second-order valence-electron chi connectivity index (χ2n) is 4.53. The largest absolute Gasteiger partial charge is 0.495 e. The van der Waals surface area contributed by atoms with E-state index in [1.54, 1.807) is 7.11 Å². The van der Waals surface area contributed by atoms with Gasteiger partial charge in [-0.2, -0.15) is 0 Å². The molecule has 2 nitrogen and oxygen atoms in total. The van der Waals surface area contributed by atoms with Gasteiger partial charge in [0, 0.05) is 6.04 Å². The fourth-order valence-corrected chi connectivity index (χ4v) is 1.98. The zero-order valence-corrected chi connectivity index (χ0v) is 9.84. The second kappa shape index (κ2) is 3.69. The Hall–Kier alpha value is -0.730. The first-order valence-corrected chi connectivity index (χ1v) is 5.54. The topological polar surface area (TPSA) is 35.2 Å². The van der Waals surface area contributed by atoms with Gasteiger partial charge < -0.3 is 10.5 Å². The van der Waals surface area contributed by atoms with Crippen LogP contribution >= 0.6 is 11.6 Å². The Labute approximate surface area is 95.4 Å². The number of rotatable bonds is 3. The van der Waals surface area contributed by atoms with Crippen LogP contribution in [-0.4, -0.2) is 7.11 Å². The molecule has 0 spiro atoms. The van der Waals surface area contributed by atoms with E-state index in [4.69, 9.17) is 22.1 Å². The van der Waals surface area contributed by atoms with E-state index in [9.17, 15) is 0 Å². The smallest absolute Gasteiger partial charge is 0.137 e. The van der Waals surface area contributed by atoms with Crippen LogP contribution in [-0.2, 0) is 0 Å². The van der Waals surface area contributed by atoms with Crippen molar-refractivity contribution in [3.8, 4) is 5.75 Å². The predicted octanol–water partition coefficient (Wildman–Crippen LogP) is 3.15. The quantitative estimate of drug-likeness (QED) is 0.858. The van der Waals surface area contributed by atoms with Gasteiger partial charge in [0.1, 0.15) is 5.75 Å². The number of hydrogen-bond acceptors (Lipinski definition) is 2. The number of halogens is 1. The Kier molecular flexibility index (Phi) is 2.65. The highest BCUT2D eigenvalue weighted by Crippen LogP contribution is 2.53. The lowest BCUT2D eigenvalue weighted by Crippen LogP contribution is -2.20. The Morgan fingerprint density at radius 2 is 2.13 bits per heavy atom. The second-order valence-corrected chi connectivity index (χ2v) is 4.93. The lowest BCUT2D eigenvalue weighted by Gasteiger charge is -2.19. The van der Waals surface area contributed by atoms with E-state index >= 15 is 0 Å². The molecule has 82 valence electrons. The predicted molar refractivity (Wildman–Crippen MR) is 62.3 cm³/mol. The zero-order chi connectivity index (χ0) is 11.1. The Balaban J connectivity index is 2.28. The highest BCUT2D eigenvalue weighted by atomic mass is 35.5. The van der Waals surface area contributed by atoms with Gasteiger partial charge in [0.25, 0.3) is 0 Å². The molecule has 1 aromatic carbocycles. The summed E-state index contributed by atoms with van der Waals surface area (Å²) in [7, 11) is 1.62. The molecule has 3 heteroatoms. The van der Waals surface area contributed by atoms with Crippen molar-refractivity contribution in [1.29, 1.82) is 0 Å². The maximum atomic E-state index is 6.21. The molecule has 0 aliphatic heterocycles. The zero-order valence-electron chi connectivity index (χ0n) is 9.09. The van der Waals surface area contributed by atoms with Gasteiger partial charge in [-0.05, 0) is 36.0 Å². The van der Waals surface area contributed by atoms with Gasteiger partial charge >= 0.3 is 0 Å². The first-order valence-electron chi connectivity index (χ1n) is 5.16. The fourth-order valence-electron chi connectivity index (χ4n) is 1.78. The highest BCUT2D eigenvalue weighted by Gasteiger charge is 2.43. The molecule has 0 bridgehead atoms. The van der Waals surface area contributed by atoms with Crippen LogP contribution in [0.25, 0.3) is 0 Å². The minimum absolute atomic E-state index is 0.0867. The van der Waals surface area contributed by atoms with Crippen molar-refractivity contribution < 1.29 is 4.74 Å². The lowest BCUT2D eigenvalue weighted by atomic mass is 9.93. The molecule has 15 heavy (non-hydrogen) atoms. The minimum Gasteiger partial charge on any atom is -0.495 e. The molecule has 2 rings (SSSR count). The van der Waals surface area contributed by atoms with Gasteiger partial charge in [0.2, 0.25) is 0 Å². The molecule has 1 unspecified atom stereocenters. The first-order chi connectivity index (χ1) is 7.07. The van der Waals surface area contributed by atoms with Gasteiger partial charge in [-0.25, -0.2) is 0 Å². The van der Waals surface area contributed by atoms with Gasteiger partial charge in [0.05, 0.1) is 12.1 Å². The van der Waals surface area contributed by atoms with Crippen molar-refractivity contribution in [1.82, 2.24) is 0 Å². The van der Waals surface area contributed by atoms with Crippen molar-refractivity contribution in [2.75, 3.05) is 7.11 Å². The Morgan fingerprint density at radius 3 is 2.67 bits per heavy atom. The Morgan fingerprint density at radius 1 is 1.47 bits per heavy atom. The summed E-state index contributed by atoms with van der Waals surface area (Å²) in [6.07, 6.45) is 2.41. The Bertz CT molecular complexity index is 374. The monoisotopic (exact) mass is 225 g/mol. The molecule has 1 aliphatic carbocycles. The van der Waals surface area contributed by atoms with E-state index in [1.165, 1.54) is 12.8 Å². The summed E-state index contributed by atoms with van der Waals surface area (Å²) in [5.41, 5.74) is 7.59. The van der Waals surface area contributed by atoms with Crippen LogP contribution in [0.5, 0.6) is 5.75 Å². The third-order valence-corrected chi connectivity index (χ3v) is 3.64. The molecule has 1 atom stereocenters. The molecule has 1 saturated carbocycles. The van der Waals surface area contributed by atoms with E-state index in [0.29, 0.717) is 10.8 Å². The number of methoxy groups -OCH3 is 1. The van der Waals surface area contributed by atoms with E-state index in [2.05, 4.69) is 6.92 Å². The normalized spacial score (nSPS) is 19.7. The molecule has 1 aromatic rings. The van der Waals surface area contributed by atoms with Crippen LogP contribution in [0.1, 0.15) is 31.4 Å². The summed E-state index contributed by atoms with van der Waals surface area (Å²) in [6, 6.07) is 5.86. The summed E-state index contributed by atoms with van der Waals surface area (Å²) in [4.78, 5) is 0. The molecule has 1 aliphatic rings. The van der Waals surface area contributed by atoms with Crippen LogP contribution < -0.4 is 10.5 Å². The SMILES string of the molecule is COc1cc(C(N)C2(C)CC2)ccc1Cl. The lowest BCUT2D eigenvalue weighted by molar-refractivity contribution is 0.410. The van der Waals surface area contributed by atoms with Crippen molar-refractivity contribution >= 4 is 11.6 Å². The van der Waals surface area contributed by atoms with Crippen LogP contribution in [0.3, 0.4) is 0 Å². The molecule has 0 saturated heterocycles. The highest BCUT2D eigenvalue weighted by molar-refractivity contribution is 6.32. The van der Waals surface area contributed by atoms with Crippen molar-refractivity contribution in [3.05, 3.63) is 28.8 Å². The number of nitrogens with two attached hydrogens (primary N) is 1. The van der Waals surface area contributed by atoms with E-state index in [1.807, 2.05) is 18.2 Å². The third-order valence-electron chi connectivity index (χ3n) is 3.32. The summed E-state index contributed by atoms with van der Waals surface area (Å²) >= 11 is 5.97. The first kappa shape index (κ1) is 10.8. The molecular weight excluding hydrogens is 210 g/mol.